The molecule has 0 saturated carbocycles. The van der Waals surface area contributed by atoms with E-state index in [1.54, 1.807) is 31.2 Å². The summed E-state index contributed by atoms with van der Waals surface area (Å²) in [6.45, 7) is 7.72. The van der Waals surface area contributed by atoms with E-state index >= 15 is 0 Å². The molecule has 2 rings (SSSR count). The van der Waals surface area contributed by atoms with Gasteiger partial charge >= 0.3 is 0 Å². The summed E-state index contributed by atoms with van der Waals surface area (Å²) in [6, 6.07) is 6.34. The molecule has 1 aromatic heterocycles. The Morgan fingerprint density at radius 2 is 1.83 bits per heavy atom. The van der Waals surface area contributed by atoms with Gasteiger partial charge in [0.25, 0.3) is 5.91 Å². The topological polar surface area (TPSA) is 98.2 Å². The number of hydrogen-bond donors (Lipinski definition) is 2. The number of rotatable bonds is 3. The average molecular weight is 315 g/mol. The summed E-state index contributed by atoms with van der Waals surface area (Å²) >= 11 is 0. The molecule has 0 aliphatic rings. The summed E-state index contributed by atoms with van der Waals surface area (Å²) in [5, 5.41) is 2.33. The summed E-state index contributed by atoms with van der Waals surface area (Å²) in [5.41, 5.74) is 6.91. The summed E-state index contributed by atoms with van der Waals surface area (Å²) in [5.74, 6) is 0.134. The molecule has 0 unspecified atom stereocenters. The number of carbonyl (C=O) groups is 2. The largest absolute Gasteiger partial charge is 0.444 e. The molecule has 0 fully saturated rings. The monoisotopic (exact) mass is 315 g/mol. The molecule has 23 heavy (non-hydrogen) atoms. The van der Waals surface area contributed by atoms with E-state index in [4.69, 9.17) is 10.2 Å². The van der Waals surface area contributed by atoms with Crippen LogP contribution >= 0.6 is 0 Å². The summed E-state index contributed by atoms with van der Waals surface area (Å²) < 4.78 is 5.65. The summed E-state index contributed by atoms with van der Waals surface area (Å²) in [4.78, 5) is 28.4. The van der Waals surface area contributed by atoms with Crippen LogP contribution in [0.2, 0.25) is 0 Å². The van der Waals surface area contributed by atoms with Gasteiger partial charge in [0.15, 0.2) is 5.89 Å². The Hall–Kier alpha value is -2.63. The van der Waals surface area contributed by atoms with E-state index in [-0.39, 0.29) is 11.8 Å². The molecule has 1 aromatic carbocycles. The molecule has 122 valence electrons. The second-order valence-corrected chi connectivity index (χ2v) is 6.45. The van der Waals surface area contributed by atoms with Crippen molar-refractivity contribution in [3.8, 4) is 0 Å². The molecule has 0 radical (unpaired) electrons. The number of anilines is 1. The smallest absolute Gasteiger partial charge is 0.257 e. The minimum absolute atomic E-state index is 0.0321. The Morgan fingerprint density at radius 1 is 1.22 bits per heavy atom. The van der Waals surface area contributed by atoms with Crippen molar-refractivity contribution >= 4 is 17.5 Å². The number of nitrogen functional groups attached to an aromatic ring is 1. The van der Waals surface area contributed by atoms with Gasteiger partial charge in [-0.1, -0.05) is 20.8 Å². The van der Waals surface area contributed by atoms with Crippen LogP contribution in [0.25, 0.3) is 0 Å². The van der Waals surface area contributed by atoms with Crippen LogP contribution in [0.3, 0.4) is 0 Å². The highest BCUT2D eigenvalue weighted by molar-refractivity contribution is 6.05. The zero-order valence-electron chi connectivity index (χ0n) is 13.8. The third kappa shape index (κ3) is 4.18. The van der Waals surface area contributed by atoms with E-state index in [9.17, 15) is 9.59 Å². The van der Waals surface area contributed by atoms with Crippen molar-refractivity contribution in [3.63, 3.8) is 0 Å². The second-order valence-electron chi connectivity index (χ2n) is 6.45. The van der Waals surface area contributed by atoms with Gasteiger partial charge in [0.1, 0.15) is 5.76 Å². The molecule has 0 bridgehead atoms. The van der Waals surface area contributed by atoms with Gasteiger partial charge in [-0.05, 0) is 31.2 Å². The summed E-state index contributed by atoms with van der Waals surface area (Å²) in [6.07, 6.45) is -0.0321. The van der Waals surface area contributed by atoms with Crippen LogP contribution in [0.15, 0.2) is 28.7 Å². The number of benzene rings is 1. The van der Waals surface area contributed by atoms with Gasteiger partial charge in [0.05, 0.1) is 12.1 Å². The molecule has 2 aromatic rings. The quantitative estimate of drug-likeness (QED) is 0.847. The first-order valence-corrected chi connectivity index (χ1v) is 7.33. The van der Waals surface area contributed by atoms with Gasteiger partial charge in [0, 0.05) is 16.7 Å². The van der Waals surface area contributed by atoms with Crippen molar-refractivity contribution in [2.45, 2.75) is 39.5 Å². The number of oxazole rings is 1. The molecular weight excluding hydrogens is 294 g/mol. The predicted molar refractivity (Wildman–Crippen MR) is 87.0 cm³/mol. The number of nitrogens with one attached hydrogen (secondary N) is 1. The maximum atomic E-state index is 12.0. The minimum atomic E-state index is -0.469. The maximum Gasteiger partial charge on any atom is 0.257 e. The van der Waals surface area contributed by atoms with Crippen LogP contribution in [-0.4, -0.2) is 16.8 Å². The Labute approximate surface area is 135 Å². The van der Waals surface area contributed by atoms with E-state index in [0.29, 0.717) is 28.6 Å². The average Bonchev–Trinajstić information content (AvgIpc) is 2.80. The van der Waals surface area contributed by atoms with Crippen LogP contribution in [-0.2, 0) is 16.6 Å². The maximum absolute atomic E-state index is 12.0. The van der Waals surface area contributed by atoms with Gasteiger partial charge in [0.2, 0.25) is 5.91 Å². The number of nitrogens with two attached hydrogens (primary N) is 1. The Morgan fingerprint density at radius 3 is 2.35 bits per heavy atom. The first-order chi connectivity index (χ1) is 10.7. The molecule has 6 nitrogen and oxygen atoms in total. The molecule has 0 saturated heterocycles. The number of hydrogen-bond acceptors (Lipinski definition) is 5. The molecule has 0 aliphatic heterocycles. The van der Waals surface area contributed by atoms with Gasteiger partial charge < -0.3 is 10.2 Å². The van der Waals surface area contributed by atoms with Crippen LogP contribution in [0.1, 0.15) is 48.5 Å². The van der Waals surface area contributed by atoms with E-state index < -0.39 is 11.8 Å². The van der Waals surface area contributed by atoms with E-state index in [0.717, 1.165) is 0 Å². The summed E-state index contributed by atoms with van der Waals surface area (Å²) in [7, 11) is 0. The van der Waals surface area contributed by atoms with Crippen LogP contribution in [0.5, 0.6) is 0 Å². The molecule has 0 spiro atoms. The molecule has 1 heterocycles. The molecular formula is C17H21N3O3. The number of imide groups is 1. The van der Waals surface area contributed by atoms with Gasteiger partial charge in [-0.2, -0.15) is 0 Å². The molecule has 0 aliphatic carbocycles. The molecule has 2 amide bonds. The lowest BCUT2D eigenvalue weighted by Crippen LogP contribution is -2.31. The lowest BCUT2D eigenvalue weighted by atomic mass is 9.97. The van der Waals surface area contributed by atoms with Crippen LogP contribution in [0.4, 0.5) is 5.69 Å². The van der Waals surface area contributed by atoms with E-state index in [1.165, 1.54) is 0 Å². The standard InChI is InChI=1S/C17H21N3O3/c1-10-13(23-16(19-10)17(2,3)4)9-14(21)20-15(22)11-5-7-12(18)8-6-11/h5-8H,9,18H2,1-4H3,(H,20,21,22). The zero-order valence-corrected chi connectivity index (χ0v) is 13.8. The highest BCUT2D eigenvalue weighted by Gasteiger charge is 2.23. The van der Waals surface area contributed by atoms with Crippen LogP contribution in [0, 0.1) is 6.92 Å². The van der Waals surface area contributed by atoms with Gasteiger partial charge in [-0.15, -0.1) is 0 Å². The fourth-order valence-electron chi connectivity index (χ4n) is 1.94. The first-order valence-electron chi connectivity index (χ1n) is 7.33. The fraction of sp³-hybridized carbons (Fsp3) is 0.353. The predicted octanol–water partition coefficient (Wildman–Crippen LogP) is 2.36. The van der Waals surface area contributed by atoms with E-state index in [1.807, 2.05) is 20.8 Å². The Balaban J connectivity index is 2.04. The Bertz CT molecular complexity index is 725. The van der Waals surface area contributed by atoms with Gasteiger partial charge in [-0.3, -0.25) is 14.9 Å². The molecule has 0 atom stereocenters. The lowest BCUT2D eigenvalue weighted by molar-refractivity contribution is -0.119. The highest BCUT2D eigenvalue weighted by atomic mass is 16.4. The Kier molecular flexibility index (Phi) is 4.54. The molecule has 6 heteroatoms. The third-order valence-electron chi connectivity index (χ3n) is 3.28. The number of aromatic nitrogens is 1. The van der Waals surface area contributed by atoms with Crippen molar-refractivity contribution < 1.29 is 14.0 Å². The van der Waals surface area contributed by atoms with Crippen molar-refractivity contribution in [3.05, 3.63) is 47.2 Å². The normalized spacial score (nSPS) is 11.3. The minimum Gasteiger partial charge on any atom is -0.444 e. The van der Waals surface area contributed by atoms with Crippen molar-refractivity contribution in [1.29, 1.82) is 0 Å². The zero-order chi connectivity index (χ0) is 17.2. The van der Waals surface area contributed by atoms with Crippen LogP contribution < -0.4 is 11.1 Å². The lowest BCUT2D eigenvalue weighted by Gasteiger charge is -2.12. The van der Waals surface area contributed by atoms with Crippen molar-refractivity contribution in [1.82, 2.24) is 10.3 Å². The molecule has 3 N–H and O–H groups in total. The number of nitrogens with zero attached hydrogens (tertiary/aromatic N) is 1. The SMILES string of the molecule is Cc1nc(C(C)(C)C)oc1CC(=O)NC(=O)c1ccc(N)cc1. The van der Waals surface area contributed by atoms with Crippen molar-refractivity contribution in [2.24, 2.45) is 0 Å². The fourth-order valence-corrected chi connectivity index (χ4v) is 1.94. The van der Waals surface area contributed by atoms with Crippen molar-refractivity contribution in [2.75, 3.05) is 5.73 Å². The third-order valence-corrected chi connectivity index (χ3v) is 3.28. The highest BCUT2D eigenvalue weighted by Crippen LogP contribution is 2.24. The number of amides is 2. The first kappa shape index (κ1) is 16.7. The number of aryl methyl sites for hydroxylation is 1. The second kappa shape index (κ2) is 6.24. The number of carbonyl (C=O) groups excluding carboxylic acids is 2. The van der Waals surface area contributed by atoms with E-state index in [2.05, 4.69) is 10.3 Å². The van der Waals surface area contributed by atoms with Gasteiger partial charge in [-0.25, -0.2) is 4.98 Å².